The number of nitrogens with one attached hydrogen (secondary N) is 1. The van der Waals surface area contributed by atoms with E-state index in [1.807, 2.05) is 0 Å². The number of sulfonamides is 1. The number of carbonyl (C=O) groups is 1. The lowest BCUT2D eigenvalue weighted by Crippen LogP contribution is -2.43. The van der Waals surface area contributed by atoms with E-state index in [1.54, 1.807) is 43.3 Å². The Morgan fingerprint density at radius 1 is 1.26 bits per heavy atom. The van der Waals surface area contributed by atoms with E-state index in [0.717, 1.165) is 0 Å². The van der Waals surface area contributed by atoms with Gasteiger partial charge in [-0.15, -0.1) is 0 Å². The largest absolute Gasteiger partial charge is 0.497 e. The summed E-state index contributed by atoms with van der Waals surface area (Å²) in [6, 6.07) is 11.0. The topological polar surface area (TPSA) is 75.7 Å². The molecule has 8 heteroatoms. The minimum Gasteiger partial charge on any atom is -0.497 e. The third kappa shape index (κ3) is 3.95. The zero-order valence-electron chi connectivity index (χ0n) is 15.1. The summed E-state index contributed by atoms with van der Waals surface area (Å²) in [6.07, 6.45) is 1.07. The normalized spacial score (nSPS) is 17.7. The van der Waals surface area contributed by atoms with Gasteiger partial charge in [0, 0.05) is 12.6 Å². The first kappa shape index (κ1) is 19.7. The number of rotatable bonds is 5. The summed E-state index contributed by atoms with van der Waals surface area (Å²) in [6.45, 7) is 2.01. The maximum absolute atomic E-state index is 13.2. The number of ether oxygens (including phenoxy) is 1. The highest BCUT2D eigenvalue weighted by atomic mass is 35.5. The average Bonchev–Trinajstić information content (AvgIpc) is 3.15. The molecular formula is C19H21ClN2O4S. The number of benzene rings is 2. The molecule has 144 valence electrons. The number of hydrogen-bond acceptors (Lipinski definition) is 4. The Morgan fingerprint density at radius 3 is 2.70 bits per heavy atom. The Labute approximate surface area is 164 Å². The van der Waals surface area contributed by atoms with Gasteiger partial charge in [-0.1, -0.05) is 29.8 Å². The molecule has 2 aromatic carbocycles. The van der Waals surface area contributed by atoms with E-state index < -0.39 is 16.1 Å². The lowest BCUT2D eigenvalue weighted by molar-refractivity contribution is -0.119. The van der Waals surface area contributed by atoms with Gasteiger partial charge in [-0.2, -0.15) is 4.31 Å². The van der Waals surface area contributed by atoms with Gasteiger partial charge in [-0.05, 0) is 43.5 Å². The van der Waals surface area contributed by atoms with Crippen LogP contribution in [0.5, 0.6) is 5.75 Å². The van der Waals surface area contributed by atoms with Crippen molar-refractivity contribution in [1.29, 1.82) is 0 Å². The molecule has 0 unspecified atom stereocenters. The van der Waals surface area contributed by atoms with Crippen LogP contribution in [-0.2, 0) is 14.8 Å². The second kappa shape index (κ2) is 7.88. The smallest absolute Gasteiger partial charge is 0.244 e. The molecule has 3 rings (SSSR count). The number of methoxy groups -OCH3 is 1. The standard InChI is InChI=1S/C19H21ClN2O4S/c1-13-9-10-14(26-2)12-18(13)27(24,25)22-11-5-8-17(22)19(23)21-16-7-4-3-6-15(16)20/h3-4,6-7,9-10,12,17H,5,8,11H2,1-2H3,(H,21,23)/t17-/m1/s1. The maximum atomic E-state index is 13.2. The van der Waals surface area contributed by atoms with E-state index in [4.69, 9.17) is 16.3 Å². The van der Waals surface area contributed by atoms with Gasteiger partial charge in [-0.25, -0.2) is 8.42 Å². The average molecular weight is 409 g/mol. The van der Waals surface area contributed by atoms with Gasteiger partial charge in [0.1, 0.15) is 11.8 Å². The summed E-state index contributed by atoms with van der Waals surface area (Å²) < 4.78 is 32.9. The van der Waals surface area contributed by atoms with Gasteiger partial charge < -0.3 is 10.1 Å². The van der Waals surface area contributed by atoms with E-state index >= 15 is 0 Å². The van der Waals surface area contributed by atoms with Crippen molar-refractivity contribution < 1.29 is 17.9 Å². The van der Waals surface area contributed by atoms with Crippen molar-refractivity contribution in [2.45, 2.75) is 30.7 Å². The number of carbonyl (C=O) groups excluding carboxylic acids is 1. The SMILES string of the molecule is COc1ccc(C)c(S(=O)(=O)N2CCC[C@@H]2C(=O)Nc2ccccc2Cl)c1. The fourth-order valence-electron chi connectivity index (χ4n) is 3.18. The van der Waals surface area contributed by atoms with Crippen molar-refractivity contribution in [3.05, 3.63) is 53.1 Å². The maximum Gasteiger partial charge on any atom is 0.244 e. The van der Waals surface area contributed by atoms with Crippen molar-refractivity contribution in [3.8, 4) is 5.75 Å². The summed E-state index contributed by atoms with van der Waals surface area (Å²) in [7, 11) is -2.36. The fraction of sp³-hybridized carbons (Fsp3) is 0.316. The first-order chi connectivity index (χ1) is 12.8. The fourth-order valence-corrected chi connectivity index (χ4v) is 5.26. The minimum absolute atomic E-state index is 0.152. The van der Waals surface area contributed by atoms with E-state index in [2.05, 4.69) is 5.32 Å². The Balaban J connectivity index is 1.89. The number of anilines is 1. The summed E-state index contributed by atoms with van der Waals surface area (Å²) in [5.41, 5.74) is 1.07. The second-order valence-electron chi connectivity index (χ2n) is 6.37. The first-order valence-corrected chi connectivity index (χ1v) is 10.4. The molecule has 1 N–H and O–H groups in total. The Hall–Kier alpha value is -2.09. The lowest BCUT2D eigenvalue weighted by Gasteiger charge is -2.24. The molecule has 0 radical (unpaired) electrons. The van der Waals surface area contributed by atoms with Gasteiger partial charge >= 0.3 is 0 Å². The van der Waals surface area contributed by atoms with E-state index in [-0.39, 0.29) is 10.8 Å². The van der Waals surface area contributed by atoms with Crippen molar-refractivity contribution in [1.82, 2.24) is 4.31 Å². The first-order valence-electron chi connectivity index (χ1n) is 8.56. The molecule has 1 aliphatic rings. The molecule has 1 aliphatic heterocycles. The van der Waals surface area contributed by atoms with Gasteiger partial charge in [0.25, 0.3) is 0 Å². The third-order valence-electron chi connectivity index (χ3n) is 4.62. The molecule has 0 aliphatic carbocycles. The highest BCUT2D eigenvalue weighted by Crippen LogP contribution is 2.31. The number of halogens is 1. The quantitative estimate of drug-likeness (QED) is 0.822. The zero-order valence-corrected chi connectivity index (χ0v) is 16.7. The van der Waals surface area contributed by atoms with Crippen LogP contribution < -0.4 is 10.1 Å². The molecule has 2 aromatic rings. The molecular weight excluding hydrogens is 388 g/mol. The van der Waals surface area contributed by atoms with Crippen LogP contribution in [0.4, 0.5) is 5.69 Å². The zero-order chi connectivity index (χ0) is 19.6. The number of aryl methyl sites for hydroxylation is 1. The minimum atomic E-state index is -3.84. The van der Waals surface area contributed by atoms with Crippen LogP contribution in [0.15, 0.2) is 47.4 Å². The number of amides is 1. The van der Waals surface area contributed by atoms with Crippen LogP contribution in [0, 0.1) is 6.92 Å². The molecule has 0 bridgehead atoms. The molecule has 6 nitrogen and oxygen atoms in total. The van der Waals surface area contributed by atoms with E-state index in [1.165, 1.54) is 17.5 Å². The molecule has 1 fully saturated rings. The monoisotopic (exact) mass is 408 g/mol. The molecule has 0 aromatic heterocycles. The van der Waals surface area contributed by atoms with Crippen LogP contribution in [0.2, 0.25) is 5.02 Å². The Bertz CT molecular complexity index is 962. The number of hydrogen-bond donors (Lipinski definition) is 1. The molecule has 27 heavy (non-hydrogen) atoms. The third-order valence-corrected chi connectivity index (χ3v) is 7.00. The second-order valence-corrected chi connectivity index (χ2v) is 8.64. The van der Waals surface area contributed by atoms with Crippen molar-refractivity contribution in [3.63, 3.8) is 0 Å². The summed E-state index contributed by atoms with van der Waals surface area (Å²) in [5.74, 6) is 0.0696. The molecule has 1 heterocycles. The molecule has 1 saturated heterocycles. The van der Waals surface area contributed by atoms with Gasteiger partial charge in [0.15, 0.2) is 0 Å². The van der Waals surface area contributed by atoms with Crippen LogP contribution in [0.1, 0.15) is 18.4 Å². The number of para-hydroxylation sites is 1. The van der Waals surface area contributed by atoms with Gasteiger partial charge in [-0.3, -0.25) is 4.79 Å². The van der Waals surface area contributed by atoms with Crippen LogP contribution in [0.25, 0.3) is 0 Å². The highest BCUT2D eigenvalue weighted by molar-refractivity contribution is 7.89. The van der Waals surface area contributed by atoms with Crippen LogP contribution in [0.3, 0.4) is 0 Å². The summed E-state index contributed by atoms with van der Waals surface area (Å²) >= 11 is 6.09. The van der Waals surface area contributed by atoms with E-state index in [0.29, 0.717) is 41.4 Å². The summed E-state index contributed by atoms with van der Waals surface area (Å²) in [5, 5.41) is 3.15. The van der Waals surface area contributed by atoms with Gasteiger partial charge in [0.05, 0.1) is 22.7 Å². The predicted octanol–water partition coefficient (Wildman–Crippen LogP) is 3.45. The Kier molecular flexibility index (Phi) is 5.74. The van der Waals surface area contributed by atoms with Crippen molar-refractivity contribution in [2.24, 2.45) is 0 Å². The molecule has 1 amide bonds. The van der Waals surface area contributed by atoms with Crippen molar-refractivity contribution in [2.75, 3.05) is 19.0 Å². The molecule has 0 spiro atoms. The predicted molar refractivity (Wildman–Crippen MR) is 105 cm³/mol. The summed E-state index contributed by atoms with van der Waals surface area (Å²) in [4.78, 5) is 12.9. The van der Waals surface area contributed by atoms with Crippen molar-refractivity contribution >= 4 is 33.2 Å². The lowest BCUT2D eigenvalue weighted by atomic mass is 10.2. The van der Waals surface area contributed by atoms with Crippen LogP contribution in [-0.4, -0.2) is 38.3 Å². The van der Waals surface area contributed by atoms with Crippen LogP contribution >= 0.6 is 11.6 Å². The molecule has 0 saturated carbocycles. The Morgan fingerprint density at radius 2 is 2.00 bits per heavy atom. The molecule has 1 atom stereocenters. The highest BCUT2D eigenvalue weighted by Gasteiger charge is 2.40. The number of nitrogens with zero attached hydrogens (tertiary/aromatic N) is 1. The van der Waals surface area contributed by atoms with E-state index in [9.17, 15) is 13.2 Å². The van der Waals surface area contributed by atoms with Gasteiger partial charge in [0.2, 0.25) is 15.9 Å².